The van der Waals surface area contributed by atoms with E-state index in [9.17, 15) is 10.2 Å². The molecule has 4 N–H and O–H groups in total. The van der Waals surface area contributed by atoms with Crippen LogP contribution in [0.15, 0.2) is 36.7 Å². The van der Waals surface area contributed by atoms with E-state index in [1.54, 1.807) is 26.6 Å². The van der Waals surface area contributed by atoms with Gasteiger partial charge >= 0.3 is 39.9 Å². The summed E-state index contributed by atoms with van der Waals surface area (Å²) in [4.78, 5) is 43.2. The van der Waals surface area contributed by atoms with Gasteiger partial charge in [-0.1, -0.05) is 37.1 Å². The second kappa shape index (κ2) is 38.2. The third kappa shape index (κ3) is 23.4. The van der Waals surface area contributed by atoms with E-state index in [-0.39, 0.29) is 71.8 Å². The molecule has 0 atom stereocenters. The van der Waals surface area contributed by atoms with Crippen molar-refractivity contribution in [2.24, 2.45) is 0 Å². The molecule has 0 unspecified atom stereocenters. The summed E-state index contributed by atoms with van der Waals surface area (Å²) in [7, 11) is 3.27. The quantitative estimate of drug-likeness (QED) is 0.0986. The van der Waals surface area contributed by atoms with E-state index in [1.807, 2.05) is 26.0 Å². The van der Waals surface area contributed by atoms with Gasteiger partial charge in [0.05, 0.1) is 112 Å². The molecule has 1 aromatic carbocycles. The molecular formula is C52H74GdN5O15. The Bertz CT molecular complexity index is 2240. The molecule has 4 heterocycles. The average Bonchev–Trinajstić information content (AvgIpc) is 3.94. The minimum absolute atomic E-state index is 0. The SMILES string of the molecule is CC(=O)[O-].CC(=O)[O-].CCc1c(CC)c2cc3nc(cnc4cc(OCCOCCOCCOC)c(OCCOCCOCCOC)cc4ncc4nc(cc1[n-]2)C(CCCO)=C4C)C(C)=C3CCCO.O.[Gd+3]. The van der Waals surface area contributed by atoms with Gasteiger partial charge in [-0.25, -0.2) is 9.97 Å². The van der Waals surface area contributed by atoms with Crippen molar-refractivity contribution < 1.29 is 113 Å². The number of rotatable bonds is 28. The van der Waals surface area contributed by atoms with Gasteiger partial charge < -0.3 is 78.4 Å². The number of aliphatic hydroxyl groups excluding tert-OH is 2. The number of aliphatic carboxylic acids is 2. The molecule has 1 radical (unpaired) electrons. The maximum Gasteiger partial charge on any atom is 3.00 e. The van der Waals surface area contributed by atoms with Gasteiger partial charge in [-0.2, -0.15) is 0 Å². The standard InChI is InChI=1S/C48H66N5O10.2C2H4O2.Gd.H2O/c1-7-35-36(8-2)40-28-42-38(12-10-14-55)34(4)46(53-42)32-50-44-30-48(63-26-24-61-22-20-59-18-16-57-6)47(62-25-23-60-21-19-58-17-15-56-5)29-43(44)49-31-45-33(3)37(11-9-13-54)41(52-45)27-39(35)51-40;2*1-2(3)4;;/h27-32,54-55H,7-26H2,1-6H3;2*1H3,(H,3,4);;1H2/q-1;;;+3;/p-2. The van der Waals surface area contributed by atoms with Gasteiger partial charge in [0.25, 0.3) is 0 Å². The van der Waals surface area contributed by atoms with E-state index in [4.69, 9.17) is 82.6 Å². The summed E-state index contributed by atoms with van der Waals surface area (Å²) >= 11 is 0. The smallest absolute Gasteiger partial charge is 0.657 e. The number of hydrogen-bond donors (Lipinski definition) is 2. The first kappa shape index (κ1) is 66.7. The van der Waals surface area contributed by atoms with Crippen LogP contribution in [0.3, 0.4) is 0 Å². The Morgan fingerprint density at radius 1 is 0.562 bits per heavy atom. The van der Waals surface area contributed by atoms with Crippen molar-refractivity contribution in [1.29, 1.82) is 0 Å². The van der Waals surface area contributed by atoms with Crippen molar-refractivity contribution in [3.05, 3.63) is 70.6 Å². The summed E-state index contributed by atoms with van der Waals surface area (Å²) in [5, 5.41) is 37.5. The van der Waals surface area contributed by atoms with Gasteiger partial charge in [0.15, 0.2) is 11.5 Å². The van der Waals surface area contributed by atoms with E-state index in [2.05, 4.69) is 26.0 Å². The summed E-state index contributed by atoms with van der Waals surface area (Å²) in [6, 6.07) is 7.78. The third-order valence-electron chi connectivity index (χ3n) is 10.7. The van der Waals surface area contributed by atoms with E-state index in [0.29, 0.717) is 126 Å². The topological polar surface area (TPSA) is 292 Å². The predicted octanol–water partition coefficient (Wildman–Crippen LogP) is 3.30. The summed E-state index contributed by atoms with van der Waals surface area (Å²) in [6.45, 7) is 15.4. The van der Waals surface area contributed by atoms with E-state index < -0.39 is 11.9 Å². The second-order valence-corrected chi connectivity index (χ2v) is 15.9. The van der Waals surface area contributed by atoms with E-state index in [0.717, 1.165) is 71.4 Å². The molecule has 0 aliphatic carbocycles. The van der Waals surface area contributed by atoms with Crippen LogP contribution in [0.5, 0.6) is 11.5 Å². The van der Waals surface area contributed by atoms with Crippen molar-refractivity contribution in [1.82, 2.24) is 24.9 Å². The number of nitrogens with zero attached hydrogens (tertiary/aromatic N) is 5. The Balaban J connectivity index is 0.00000248. The summed E-state index contributed by atoms with van der Waals surface area (Å²) in [5.74, 6) is -1.25. The molecule has 0 saturated heterocycles. The van der Waals surface area contributed by atoms with Gasteiger partial charge in [0.2, 0.25) is 0 Å². The van der Waals surface area contributed by atoms with Crippen LogP contribution in [-0.2, 0) is 50.9 Å². The van der Waals surface area contributed by atoms with Gasteiger partial charge in [-0.05, 0) is 88.5 Å². The molecule has 5 rings (SSSR count). The zero-order valence-corrected chi connectivity index (χ0v) is 45.8. The summed E-state index contributed by atoms with van der Waals surface area (Å²) < 4.78 is 45.3. The molecule has 0 fully saturated rings. The molecule has 73 heavy (non-hydrogen) atoms. The van der Waals surface area contributed by atoms with Crippen LogP contribution >= 0.6 is 0 Å². The van der Waals surface area contributed by atoms with Gasteiger partial charge in [0.1, 0.15) is 13.2 Å². The minimum atomic E-state index is -1.08. The van der Waals surface area contributed by atoms with Gasteiger partial charge in [0, 0.05) is 51.5 Å². The van der Waals surface area contributed by atoms with Crippen molar-refractivity contribution in [3.8, 4) is 11.5 Å². The molecular weight excluding hydrogens is 1090 g/mol. The number of carboxylic acids is 2. The zero-order valence-electron chi connectivity index (χ0n) is 43.5. The number of benzene rings is 1. The number of carboxylic acid groups (broad SMARTS) is 2. The average molecular weight is 1170 g/mol. The number of hydrogen-bond acceptors (Lipinski definition) is 18. The van der Waals surface area contributed by atoms with Gasteiger partial charge in [-0.3, -0.25) is 9.97 Å². The Kier molecular flexibility index (Phi) is 34.9. The predicted molar refractivity (Wildman–Crippen MR) is 269 cm³/mol. The van der Waals surface area contributed by atoms with Crippen LogP contribution in [-0.4, -0.2) is 154 Å². The molecule has 2 aliphatic rings. The number of aryl methyl sites for hydroxylation is 2. The van der Waals surface area contributed by atoms with Crippen LogP contribution in [0.1, 0.15) is 101 Å². The minimum Gasteiger partial charge on any atom is -0.657 e. The first-order valence-electron chi connectivity index (χ1n) is 23.9. The number of methoxy groups -OCH3 is 2. The number of ether oxygens (including phenoxy) is 8. The van der Waals surface area contributed by atoms with Crippen LogP contribution in [0.25, 0.3) is 44.4 Å². The van der Waals surface area contributed by atoms with E-state index >= 15 is 0 Å². The Hall–Kier alpha value is -4.36. The summed E-state index contributed by atoms with van der Waals surface area (Å²) in [6.07, 6.45) is 7.61. The fourth-order valence-electron chi connectivity index (χ4n) is 7.33. The van der Waals surface area contributed by atoms with Crippen LogP contribution < -0.4 is 24.7 Å². The van der Waals surface area contributed by atoms with Gasteiger partial charge in [-0.15, -0.1) is 11.0 Å². The van der Waals surface area contributed by atoms with Crippen molar-refractivity contribution >= 4 is 56.3 Å². The molecule has 20 nitrogen and oxygen atoms in total. The van der Waals surface area contributed by atoms with Crippen LogP contribution in [0.4, 0.5) is 0 Å². The normalized spacial score (nSPS) is 11.6. The molecule has 2 aromatic heterocycles. The Labute approximate surface area is 460 Å². The fraction of sp³-hybridized carbons (Fsp3) is 0.538. The number of carbonyl (C=O) groups excluding carboxylic acids is 2. The maximum atomic E-state index is 9.85. The van der Waals surface area contributed by atoms with Crippen molar-refractivity contribution in [2.45, 2.75) is 80.1 Å². The molecule has 2 aliphatic heterocycles. The zero-order chi connectivity index (χ0) is 52.0. The van der Waals surface area contributed by atoms with Crippen LogP contribution in [0, 0.1) is 39.9 Å². The maximum absolute atomic E-state index is 9.85. The Morgan fingerprint density at radius 2 is 0.890 bits per heavy atom. The number of carbonyl (C=O) groups is 2. The third-order valence-corrected chi connectivity index (χ3v) is 10.7. The first-order chi connectivity index (χ1) is 34.3. The summed E-state index contributed by atoms with van der Waals surface area (Å²) in [5.41, 5.74) is 12.2. The molecule has 6 bridgehead atoms. The van der Waals surface area contributed by atoms with Crippen molar-refractivity contribution in [2.75, 3.05) is 107 Å². The molecule has 0 amide bonds. The number of allylic oxidation sites excluding steroid dienone is 4. The largest absolute Gasteiger partial charge is 3.00 e. The van der Waals surface area contributed by atoms with Crippen LogP contribution in [0.2, 0.25) is 0 Å². The molecule has 0 saturated carbocycles. The molecule has 3 aromatic rings. The molecule has 0 spiro atoms. The fourth-order valence-corrected chi connectivity index (χ4v) is 7.33. The first-order valence-corrected chi connectivity index (χ1v) is 23.9. The van der Waals surface area contributed by atoms with Crippen molar-refractivity contribution in [3.63, 3.8) is 0 Å². The number of aliphatic hydroxyl groups is 2. The number of aromatic nitrogens is 5. The number of fused-ring (bicyclic) bond motifs is 7. The Morgan fingerprint density at radius 3 is 1.21 bits per heavy atom. The second-order valence-electron chi connectivity index (χ2n) is 15.9. The molecule has 21 heteroatoms. The monoisotopic (exact) mass is 1170 g/mol. The van der Waals surface area contributed by atoms with E-state index in [1.165, 1.54) is 11.1 Å². The molecule has 405 valence electrons.